The van der Waals surface area contributed by atoms with E-state index in [1.54, 1.807) is 0 Å². The van der Waals surface area contributed by atoms with Crippen molar-refractivity contribution in [1.29, 1.82) is 0 Å². The van der Waals surface area contributed by atoms with Gasteiger partial charge in [-0.2, -0.15) is 0 Å². The molecule has 0 aromatic rings. The summed E-state index contributed by atoms with van der Waals surface area (Å²) >= 11 is 0. The minimum absolute atomic E-state index is 0.816. The van der Waals surface area contributed by atoms with Crippen LogP contribution in [0.3, 0.4) is 0 Å². The maximum atomic E-state index is 8.56. The van der Waals surface area contributed by atoms with Crippen LogP contribution in [0, 0.1) is 0 Å². The highest BCUT2D eigenvalue weighted by atomic mass is 16.6. The van der Waals surface area contributed by atoms with Crippen LogP contribution in [0.25, 0.3) is 0 Å². The maximum absolute atomic E-state index is 8.56. The van der Waals surface area contributed by atoms with Gasteiger partial charge in [-0.3, -0.25) is 0 Å². The van der Waals surface area contributed by atoms with E-state index in [2.05, 4.69) is 18.7 Å². The molecule has 80 valence electrons. The lowest BCUT2D eigenvalue weighted by molar-refractivity contribution is 0.137. The second kappa shape index (κ2) is 11.2. The van der Waals surface area contributed by atoms with Crippen molar-refractivity contribution in [3.05, 3.63) is 0 Å². The lowest BCUT2D eigenvalue weighted by Crippen LogP contribution is -2.25. The molecule has 4 N–H and O–H groups in total. The summed E-state index contributed by atoms with van der Waals surface area (Å²) in [5.41, 5.74) is 5.36. The van der Waals surface area contributed by atoms with Crippen molar-refractivity contribution in [3.63, 3.8) is 0 Å². The molecule has 13 heavy (non-hydrogen) atoms. The van der Waals surface area contributed by atoms with E-state index in [9.17, 15) is 0 Å². The number of hydrogen-bond donors (Lipinski definition) is 3. The maximum Gasteiger partial charge on any atom is 0.503 e. The zero-order valence-corrected chi connectivity index (χ0v) is 8.36. The van der Waals surface area contributed by atoms with Crippen LogP contribution in [0.15, 0.2) is 0 Å². The third-order valence-electron chi connectivity index (χ3n) is 1.57. The van der Waals surface area contributed by atoms with Crippen LogP contribution in [0.1, 0.15) is 20.3 Å². The lowest BCUT2D eigenvalue weighted by Gasteiger charge is -2.16. The Hall–Kier alpha value is -0.810. The van der Waals surface area contributed by atoms with E-state index in [4.69, 9.17) is 20.7 Å². The van der Waals surface area contributed by atoms with Gasteiger partial charge in [-0.1, -0.05) is 13.8 Å². The van der Waals surface area contributed by atoms with Crippen LogP contribution in [-0.4, -0.2) is 47.4 Å². The number of hydrogen-bond acceptors (Lipinski definition) is 3. The molecule has 0 unspecified atom stereocenters. The SMILES string of the molecule is CCN(CC)CCCN.O=C(O)O. The van der Waals surface area contributed by atoms with Crippen LogP contribution in [-0.2, 0) is 0 Å². The van der Waals surface area contributed by atoms with Crippen molar-refractivity contribution >= 4 is 6.16 Å². The summed E-state index contributed by atoms with van der Waals surface area (Å²) in [6.45, 7) is 8.63. The van der Waals surface area contributed by atoms with Gasteiger partial charge in [0.05, 0.1) is 0 Å². The number of rotatable bonds is 5. The van der Waals surface area contributed by atoms with E-state index in [1.165, 1.54) is 0 Å². The van der Waals surface area contributed by atoms with Crippen molar-refractivity contribution < 1.29 is 15.0 Å². The summed E-state index contributed by atoms with van der Waals surface area (Å²) in [6.07, 6.45) is -0.707. The number of nitrogens with zero attached hydrogens (tertiary/aromatic N) is 1. The summed E-state index contributed by atoms with van der Waals surface area (Å²) in [5.74, 6) is 0. The van der Waals surface area contributed by atoms with Gasteiger partial charge in [0.15, 0.2) is 0 Å². The van der Waals surface area contributed by atoms with E-state index in [0.717, 1.165) is 32.6 Å². The van der Waals surface area contributed by atoms with Crippen LogP contribution in [0.2, 0.25) is 0 Å². The third-order valence-corrected chi connectivity index (χ3v) is 1.57. The smallest absolute Gasteiger partial charge is 0.450 e. The van der Waals surface area contributed by atoms with Gasteiger partial charge in [-0.05, 0) is 32.6 Å². The molecule has 0 saturated heterocycles. The second-order valence-electron chi connectivity index (χ2n) is 2.45. The fourth-order valence-electron chi connectivity index (χ4n) is 0.855. The fraction of sp³-hybridized carbons (Fsp3) is 0.875. The Labute approximate surface area is 79.1 Å². The second-order valence-corrected chi connectivity index (χ2v) is 2.45. The molecule has 0 aliphatic heterocycles. The van der Waals surface area contributed by atoms with Crippen molar-refractivity contribution in [1.82, 2.24) is 4.90 Å². The molecule has 0 atom stereocenters. The molecule has 0 aromatic carbocycles. The highest BCUT2D eigenvalue weighted by molar-refractivity contribution is 5.53. The molecular weight excluding hydrogens is 172 g/mol. The molecule has 5 nitrogen and oxygen atoms in total. The Morgan fingerprint density at radius 3 is 1.92 bits per heavy atom. The molecule has 0 spiro atoms. The first kappa shape index (κ1) is 14.7. The van der Waals surface area contributed by atoms with Gasteiger partial charge in [0, 0.05) is 0 Å². The minimum Gasteiger partial charge on any atom is -0.450 e. The molecule has 0 heterocycles. The largest absolute Gasteiger partial charge is 0.503 e. The van der Waals surface area contributed by atoms with Crippen LogP contribution in [0.4, 0.5) is 4.79 Å². The first-order valence-electron chi connectivity index (χ1n) is 4.42. The molecule has 0 fully saturated rings. The average Bonchev–Trinajstić information content (AvgIpc) is 2.06. The summed E-state index contributed by atoms with van der Waals surface area (Å²) in [6, 6.07) is 0. The predicted octanol–water partition coefficient (Wildman–Crippen LogP) is 0.899. The Morgan fingerprint density at radius 2 is 1.69 bits per heavy atom. The van der Waals surface area contributed by atoms with Crippen molar-refractivity contribution in [2.45, 2.75) is 20.3 Å². The van der Waals surface area contributed by atoms with Gasteiger partial charge in [0.25, 0.3) is 0 Å². The highest BCUT2D eigenvalue weighted by Gasteiger charge is 1.94. The molecule has 0 aromatic heterocycles. The molecule has 0 amide bonds. The first-order valence-corrected chi connectivity index (χ1v) is 4.42. The summed E-state index contributed by atoms with van der Waals surface area (Å²) < 4.78 is 0. The number of nitrogens with two attached hydrogens (primary N) is 1. The van der Waals surface area contributed by atoms with Gasteiger partial charge >= 0.3 is 6.16 Å². The van der Waals surface area contributed by atoms with E-state index >= 15 is 0 Å². The Kier molecular flexibility index (Phi) is 12.7. The molecule has 0 bridgehead atoms. The minimum atomic E-state index is -1.83. The zero-order valence-electron chi connectivity index (χ0n) is 8.36. The Bertz CT molecular complexity index is 112. The topological polar surface area (TPSA) is 86.8 Å². The number of carboxylic acid groups (broad SMARTS) is 2. The van der Waals surface area contributed by atoms with E-state index in [-0.39, 0.29) is 0 Å². The Morgan fingerprint density at radius 1 is 1.31 bits per heavy atom. The Balaban J connectivity index is 0. The van der Waals surface area contributed by atoms with E-state index in [0.29, 0.717) is 0 Å². The fourth-order valence-corrected chi connectivity index (χ4v) is 0.855. The normalized spacial score (nSPS) is 9.23. The van der Waals surface area contributed by atoms with Crippen LogP contribution < -0.4 is 5.73 Å². The third kappa shape index (κ3) is 18.3. The van der Waals surface area contributed by atoms with Crippen LogP contribution >= 0.6 is 0 Å². The number of carbonyl (C=O) groups is 1. The van der Waals surface area contributed by atoms with Crippen molar-refractivity contribution in [3.8, 4) is 0 Å². The van der Waals surface area contributed by atoms with Crippen molar-refractivity contribution in [2.75, 3.05) is 26.2 Å². The molecule has 0 aliphatic rings. The summed E-state index contributed by atoms with van der Waals surface area (Å²) in [7, 11) is 0. The molecule has 0 saturated carbocycles. The van der Waals surface area contributed by atoms with Gasteiger partial charge in [0.2, 0.25) is 0 Å². The molecule has 0 rings (SSSR count). The van der Waals surface area contributed by atoms with Crippen LogP contribution in [0.5, 0.6) is 0 Å². The van der Waals surface area contributed by atoms with E-state index in [1.807, 2.05) is 0 Å². The molecule has 5 heteroatoms. The van der Waals surface area contributed by atoms with E-state index < -0.39 is 6.16 Å². The molecule has 0 aliphatic carbocycles. The first-order chi connectivity index (χ1) is 6.08. The van der Waals surface area contributed by atoms with Gasteiger partial charge < -0.3 is 20.8 Å². The highest BCUT2D eigenvalue weighted by Crippen LogP contribution is 1.87. The lowest BCUT2D eigenvalue weighted by atomic mass is 10.4. The van der Waals surface area contributed by atoms with Gasteiger partial charge in [-0.25, -0.2) is 4.79 Å². The average molecular weight is 192 g/mol. The predicted molar refractivity (Wildman–Crippen MR) is 52.1 cm³/mol. The zero-order chi connectivity index (χ0) is 10.7. The van der Waals surface area contributed by atoms with Crippen molar-refractivity contribution in [2.24, 2.45) is 5.73 Å². The molecular formula is C8H20N2O3. The van der Waals surface area contributed by atoms with Gasteiger partial charge in [-0.15, -0.1) is 0 Å². The monoisotopic (exact) mass is 192 g/mol. The summed E-state index contributed by atoms with van der Waals surface area (Å²) in [5, 5.41) is 13.9. The standard InChI is InChI=1S/C7H18N2.CH2O3/c1-3-9(4-2)7-5-6-8;2-1(3)4/h3-8H2,1-2H3;(H2,2,3,4). The molecule has 0 radical (unpaired) electrons. The summed E-state index contributed by atoms with van der Waals surface area (Å²) in [4.78, 5) is 10.9. The quantitative estimate of drug-likeness (QED) is 0.602. The van der Waals surface area contributed by atoms with Gasteiger partial charge in [0.1, 0.15) is 0 Å².